The van der Waals surface area contributed by atoms with Gasteiger partial charge < -0.3 is 15.8 Å². The van der Waals surface area contributed by atoms with Crippen LogP contribution in [0.1, 0.15) is 35.0 Å². The van der Waals surface area contributed by atoms with Gasteiger partial charge in [-0.25, -0.2) is 14.4 Å². The maximum Gasteiger partial charge on any atom is 0.396 e. The molecule has 7 nitrogen and oxygen atoms in total. The lowest BCUT2D eigenvalue weighted by Gasteiger charge is -2.29. The van der Waals surface area contributed by atoms with Crippen molar-refractivity contribution in [3.63, 3.8) is 0 Å². The summed E-state index contributed by atoms with van der Waals surface area (Å²) in [5, 5.41) is 11.3. The first-order chi connectivity index (χ1) is 14.5. The second kappa shape index (κ2) is 8.06. The van der Waals surface area contributed by atoms with Gasteiger partial charge in [0.1, 0.15) is 35.3 Å². The van der Waals surface area contributed by atoms with Gasteiger partial charge in [-0.1, -0.05) is 0 Å². The topological polar surface area (TPSA) is 113 Å². The smallest absolute Gasteiger partial charge is 0.396 e. The van der Waals surface area contributed by atoms with Gasteiger partial charge in [-0.15, -0.1) is 0 Å². The summed E-state index contributed by atoms with van der Waals surface area (Å²) in [6.07, 6.45) is -3.71. The number of rotatable bonds is 4. The molecule has 0 spiro atoms. The van der Waals surface area contributed by atoms with E-state index in [9.17, 15) is 22.4 Å². The number of nitrogens with two attached hydrogens (primary N) is 1. The van der Waals surface area contributed by atoms with Crippen molar-refractivity contribution in [3.05, 3.63) is 71.0 Å². The van der Waals surface area contributed by atoms with E-state index in [1.807, 2.05) is 6.07 Å². The molecule has 1 aromatic carbocycles. The number of anilines is 1. The summed E-state index contributed by atoms with van der Waals surface area (Å²) < 4.78 is 57.7. The van der Waals surface area contributed by atoms with Crippen LogP contribution < -0.4 is 11.1 Å². The van der Waals surface area contributed by atoms with Crippen LogP contribution >= 0.6 is 0 Å². The molecule has 11 heteroatoms. The lowest BCUT2D eigenvalue weighted by atomic mass is 9.90. The van der Waals surface area contributed by atoms with Crippen molar-refractivity contribution in [1.82, 2.24) is 4.98 Å². The van der Waals surface area contributed by atoms with E-state index in [1.54, 1.807) is 0 Å². The molecule has 1 aromatic heterocycles. The quantitative estimate of drug-likeness (QED) is 0.713. The first kappa shape index (κ1) is 21.8. The second-order valence-electron chi connectivity index (χ2n) is 6.79. The fraction of sp³-hybridized carbons (Fsp3) is 0.200. The van der Waals surface area contributed by atoms with Crippen molar-refractivity contribution in [3.8, 4) is 6.07 Å². The number of nitrogens with one attached hydrogen (secondary N) is 1. The summed E-state index contributed by atoms with van der Waals surface area (Å²) in [4.78, 5) is 20.2. The molecule has 1 amide bonds. The first-order valence-corrected chi connectivity index (χ1v) is 8.78. The molecule has 2 heterocycles. The molecule has 2 aromatic rings. The van der Waals surface area contributed by atoms with Gasteiger partial charge in [0.05, 0.1) is 5.56 Å². The minimum absolute atomic E-state index is 0.0109. The predicted octanol–water partition coefficient (Wildman–Crippen LogP) is 3.74. The number of nitrogens with zero attached hydrogens (tertiary/aromatic N) is 3. The van der Waals surface area contributed by atoms with E-state index in [4.69, 9.17) is 15.7 Å². The Bertz CT molecular complexity index is 1120. The summed E-state index contributed by atoms with van der Waals surface area (Å²) in [7, 11) is 0. The van der Waals surface area contributed by atoms with E-state index in [0.717, 1.165) is 12.1 Å². The Hall–Kier alpha value is -3.94. The number of hydrogen-bond donors (Lipinski definition) is 2. The first-order valence-electron chi connectivity index (χ1n) is 8.78. The fourth-order valence-electron chi connectivity index (χ4n) is 2.96. The number of halogens is 4. The molecule has 0 bridgehead atoms. The Balaban J connectivity index is 1.91. The van der Waals surface area contributed by atoms with Gasteiger partial charge in [-0.3, -0.25) is 4.79 Å². The number of aliphatic imine (C=N–C) groups is 1. The van der Waals surface area contributed by atoms with E-state index >= 15 is 0 Å². The number of aromatic nitrogens is 1. The van der Waals surface area contributed by atoms with Crippen LogP contribution in [0.4, 0.5) is 23.2 Å². The van der Waals surface area contributed by atoms with Crippen LogP contribution in [0.3, 0.4) is 0 Å². The number of benzene rings is 1. The third-order valence-corrected chi connectivity index (χ3v) is 4.29. The van der Waals surface area contributed by atoms with Crippen molar-refractivity contribution in [2.24, 2.45) is 10.7 Å². The maximum atomic E-state index is 14.6. The number of ether oxygens (including phenoxy) is 1. The van der Waals surface area contributed by atoms with E-state index < -0.39 is 41.6 Å². The van der Waals surface area contributed by atoms with Gasteiger partial charge in [0.2, 0.25) is 0 Å². The third kappa shape index (κ3) is 5.16. The van der Waals surface area contributed by atoms with E-state index in [2.05, 4.69) is 15.3 Å². The number of carbonyl (C=O) groups excluding carboxylic acids is 1. The highest BCUT2D eigenvalue weighted by Gasteiger charge is 2.37. The molecule has 31 heavy (non-hydrogen) atoms. The molecule has 0 saturated carbocycles. The molecule has 0 unspecified atom stereocenters. The zero-order valence-corrected chi connectivity index (χ0v) is 16.0. The molecule has 1 aliphatic rings. The lowest BCUT2D eigenvalue weighted by Crippen LogP contribution is -2.31. The second-order valence-corrected chi connectivity index (χ2v) is 6.79. The minimum atomic E-state index is -4.56. The standard InChI is InChI=1S/C20H15F4N5O2/c1-19(7-13(8-20(22,23)24)31-18(26)29-19)14-6-12(3-4-15(14)21)28-17(30)16-5-2-11(9-25)10-27-16/h2-7,10H,8H2,1H3,(H2,26,29)(H,28,30)/t19-/m0/s1. The molecule has 1 atom stereocenters. The fourth-order valence-corrected chi connectivity index (χ4v) is 2.96. The number of allylic oxidation sites excluding steroid dienone is 1. The minimum Gasteiger partial charge on any atom is -0.431 e. The number of carbonyl (C=O) groups is 1. The zero-order valence-electron chi connectivity index (χ0n) is 16.0. The molecule has 0 radical (unpaired) electrons. The molecule has 3 N–H and O–H groups in total. The number of hydrogen-bond acceptors (Lipinski definition) is 6. The highest BCUT2D eigenvalue weighted by atomic mass is 19.4. The van der Waals surface area contributed by atoms with Crippen molar-refractivity contribution in [1.29, 1.82) is 5.26 Å². The monoisotopic (exact) mass is 433 g/mol. The number of amides is 1. The summed E-state index contributed by atoms with van der Waals surface area (Å²) in [6.45, 7) is 1.37. The average Bonchev–Trinajstić information content (AvgIpc) is 2.67. The zero-order chi connectivity index (χ0) is 22.8. The van der Waals surface area contributed by atoms with Crippen LogP contribution in [0.25, 0.3) is 0 Å². The largest absolute Gasteiger partial charge is 0.431 e. The van der Waals surface area contributed by atoms with Crippen LogP contribution in [0.15, 0.2) is 53.4 Å². The van der Waals surface area contributed by atoms with Crippen molar-refractivity contribution in [2.45, 2.75) is 25.1 Å². The van der Waals surface area contributed by atoms with E-state index in [1.165, 1.54) is 37.4 Å². The number of nitriles is 1. The van der Waals surface area contributed by atoms with Crippen molar-refractivity contribution >= 4 is 17.6 Å². The molecule has 0 fully saturated rings. The van der Waals surface area contributed by atoms with Gasteiger partial charge in [0, 0.05) is 17.4 Å². The van der Waals surface area contributed by atoms with Crippen LogP contribution in [0, 0.1) is 17.1 Å². The van der Waals surface area contributed by atoms with Crippen LogP contribution in [-0.2, 0) is 10.3 Å². The summed E-state index contributed by atoms with van der Waals surface area (Å²) in [5.41, 5.74) is 4.24. The Morgan fingerprint density at radius 2 is 2.06 bits per heavy atom. The number of amidine groups is 1. The molecule has 160 valence electrons. The van der Waals surface area contributed by atoms with E-state index in [-0.39, 0.29) is 22.5 Å². The van der Waals surface area contributed by atoms with Crippen LogP contribution in [0.5, 0.6) is 0 Å². The summed E-state index contributed by atoms with van der Waals surface area (Å²) in [5.74, 6) is -1.91. The number of alkyl halides is 3. The number of pyridine rings is 1. The third-order valence-electron chi connectivity index (χ3n) is 4.29. The van der Waals surface area contributed by atoms with Crippen LogP contribution in [-0.4, -0.2) is 23.1 Å². The van der Waals surface area contributed by atoms with Crippen molar-refractivity contribution < 1.29 is 27.1 Å². The summed E-state index contributed by atoms with van der Waals surface area (Å²) in [6, 6.07) is 7.64. The van der Waals surface area contributed by atoms with E-state index in [0.29, 0.717) is 0 Å². The summed E-state index contributed by atoms with van der Waals surface area (Å²) >= 11 is 0. The van der Waals surface area contributed by atoms with Gasteiger partial charge >= 0.3 is 6.18 Å². The normalized spacial score (nSPS) is 18.3. The molecule has 3 rings (SSSR count). The Morgan fingerprint density at radius 3 is 2.68 bits per heavy atom. The van der Waals surface area contributed by atoms with Gasteiger partial charge in [0.25, 0.3) is 11.9 Å². The highest BCUT2D eigenvalue weighted by Crippen LogP contribution is 2.37. The molecule has 0 saturated heterocycles. The Morgan fingerprint density at radius 1 is 1.32 bits per heavy atom. The van der Waals surface area contributed by atoms with Gasteiger partial charge in [-0.05, 0) is 43.3 Å². The highest BCUT2D eigenvalue weighted by molar-refractivity contribution is 6.02. The Kier molecular flexibility index (Phi) is 5.66. The molecule has 1 aliphatic heterocycles. The lowest BCUT2D eigenvalue weighted by molar-refractivity contribution is -0.132. The predicted molar refractivity (Wildman–Crippen MR) is 102 cm³/mol. The average molecular weight is 433 g/mol. The molecule has 0 aliphatic carbocycles. The molecular formula is C20H15F4N5O2. The van der Waals surface area contributed by atoms with Crippen molar-refractivity contribution in [2.75, 3.05) is 5.32 Å². The molecular weight excluding hydrogens is 418 g/mol. The van der Waals surface area contributed by atoms with Crippen LogP contribution in [0.2, 0.25) is 0 Å². The van der Waals surface area contributed by atoms with Gasteiger partial charge in [-0.2, -0.15) is 18.4 Å². The van der Waals surface area contributed by atoms with Gasteiger partial charge in [0.15, 0.2) is 0 Å². The SMILES string of the molecule is C[C@@]1(c2cc(NC(=O)c3ccc(C#N)cn3)ccc2F)C=C(CC(F)(F)F)OC(N)=N1. The Labute approximate surface area is 173 Å². The maximum absolute atomic E-state index is 14.6.